The largest absolute Gasteiger partial charge is 0.364 e. The van der Waals surface area contributed by atoms with Crippen molar-refractivity contribution < 1.29 is 9.53 Å². The Morgan fingerprint density at radius 2 is 2.06 bits per heavy atom. The number of amides is 1. The van der Waals surface area contributed by atoms with Crippen LogP contribution in [0.3, 0.4) is 0 Å². The number of ether oxygens (including phenoxy) is 1. The first kappa shape index (κ1) is 13.5. The van der Waals surface area contributed by atoms with E-state index >= 15 is 0 Å². The van der Waals surface area contributed by atoms with Gasteiger partial charge in [0.25, 0.3) is 5.91 Å². The highest BCUT2D eigenvalue weighted by molar-refractivity contribution is 5.81. The monoisotopic (exact) mass is 228 g/mol. The third kappa shape index (κ3) is 3.76. The van der Waals surface area contributed by atoms with Gasteiger partial charge in [-0.2, -0.15) is 0 Å². The minimum absolute atomic E-state index is 0.0667. The second kappa shape index (κ2) is 5.15. The van der Waals surface area contributed by atoms with E-state index in [0.29, 0.717) is 6.54 Å². The molecule has 2 atom stereocenters. The SMILES string of the molecule is CN(CC(C)(C)C)C(=O)[C@@H]1CC[C@H](CN)O1. The number of carbonyl (C=O) groups is 1. The van der Waals surface area contributed by atoms with Crippen LogP contribution in [0.15, 0.2) is 0 Å². The Labute approximate surface area is 98.1 Å². The van der Waals surface area contributed by atoms with Crippen LogP contribution in [0.5, 0.6) is 0 Å². The van der Waals surface area contributed by atoms with Crippen molar-refractivity contribution in [1.29, 1.82) is 0 Å². The Kier molecular flexibility index (Phi) is 4.33. The molecule has 1 saturated heterocycles. The zero-order valence-corrected chi connectivity index (χ0v) is 10.8. The lowest BCUT2D eigenvalue weighted by Crippen LogP contribution is -2.41. The predicted molar refractivity (Wildman–Crippen MR) is 64.0 cm³/mol. The van der Waals surface area contributed by atoms with Crippen LogP contribution in [-0.2, 0) is 9.53 Å². The number of hydrogen-bond acceptors (Lipinski definition) is 3. The van der Waals surface area contributed by atoms with Gasteiger partial charge < -0.3 is 15.4 Å². The highest BCUT2D eigenvalue weighted by Gasteiger charge is 2.32. The second-order valence-corrected chi connectivity index (χ2v) is 5.81. The molecular weight excluding hydrogens is 204 g/mol. The molecule has 4 nitrogen and oxygen atoms in total. The summed E-state index contributed by atoms with van der Waals surface area (Å²) >= 11 is 0. The summed E-state index contributed by atoms with van der Waals surface area (Å²) in [6.07, 6.45) is 1.49. The van der Waals surface area contributed by atoms with Crippen molar-refractivity contribution in [2.45, 2.75) is 45.8 Å². The van der Waals surface area contributed by atoms with E-state index in [-0.39, 0.29) is 23.5 Å². The number of rotatable bonds is 3. The van der Waals surface area contributed by atoms with Gasteiger partial charge in [-0.3, -0.25) is 4.79 Å². The van der Waals surface area contributed by atoms with Crippen LogP contribution in [0, 0.1) is 5.41 Å². The quantitative estimate of drug-likeness (QED) is 0.784. The topological polar surface area (TPSA) is 55.6 Å². The van der Waals surface area contributed by atoms with E-state index in [4.69, 9.17) is 10.5 Å². The lowest BCUT2D eigenvalue weighted by Gasteiger charge is -2.28. The third-order valence-corrected chi connectivity index (χ3v) is 2.73. The molecule has 16 heavy (non-hydrogen) atoms. The minimum atomic E-state index is -0.277. The highest BCUT2D eigenvalue weighted by atomic mass is 16.5. The molecule has 0 aromatic heterocycles. The summed E-state index contributed by atoms with van der Waals surface area (Å²) in [5, 5.41) is 0. The van der Waals surface area contributed by atoms with E-state index in [0.717, 1.165) is 19.4 Å². The molecule has 1 rings (SSSR count). The van der Waals surface area contributed by atoms with Gasteiger partial charge in [0.1, 0.15) is 6.10 Å². The van der Waals surface area contributed by atoms with Gasteiger partial charge in [0.15, 0.2) is 0 Å². The number of nitrogens with two attached hydrogens (primary N) is 1. The molecule has 1 heterocycles. The molecule has 1 aliphatic heterocycles. The normalized spacial score (nSPS) is 25.8. The van der Waals surface area contributed by atoms with Crippen LogP contribution in [0.4, 0.5) is 0 Å². The number of nitrogens with zero attached hydrogens (tertiary/aromatic N) is 1. The van der Waals surface area contributed by atoms with E-state index in [1.165, 1.54) is 0 Å². The Bertz CT molecular complexity index is 248. The van der Waals surface area contributed by atoms with E-state index in [2.05, 4.69) is 20.8 Å². The van der Waals surface area contributed by atoms with Crippen molar-refractivity contribution in [3.8, 4) is 0 Å². The molecule has 0 aliphatic carbocycles. The Morgan fingerprint density at radius 3 is 2.50 bits per heavy atom. The summed E-state index contributed by atoms with van der Waals surface area (Å²) in [6.45, 7) is 7.62. The molecule has 0 bridgehead atoms. The molecule has 0 radical (unpaired) electrons. The van der Waals surface area contributed by atoms with Gasteiger partial charge in [-0.25, -0.2) is 0 Å². The molecule has 1 aliphatic rings. The smallest absolute Gasteiger partial charge is 0.251 e. The first-order valence-corrected chi connectivity index (χ1v) is 5.94. The van der Waals surface area contributed by atoms with Crippen LogP contribution in [0.1, 0.15) is 33.6 Å². The summed E-state index contributed by atoms with van der Waals surface area (Å²) in [4.78, 5) is 13.8. The molecule has 0 saturated carbocycles. The highest BCUT2D eigenvalue weighted by Crippen LogP contribution is 2.22. The first-order chi connectivity index (χ1) is 7.33. The minimum Gasteiger partial charge on any atom is -0.364 e. The first-order valence-electron chi connectivity index (χ1n) is 5.94. The van der Waals surface area contributed by atoms with Crippen molar-refractivity contribution in [3.63, 3.8) is 0 Å². The van der Waals surface area contributed by atoms with Crippen molar-refractivity contribution in [1.82, 2.24) is 4.90 Å². The summed E-state index contributed by atoms with van der Waals surface area (Å²) in [5.41, 5.74) is 5.65. The van der Waals surface area contributed by atoms with Gasteiger partial charge in [-0.1, -0.05) is 20.8 Å². The molecule has 0 aromatic rings. The van der Waals surface area contributed by atoms with Crippen LogP contribution in [0.2, 0.25) is 0 Å². The van der Waals surface area contributed by atoms with Crippen LogP contribution in [-0.4, -0.2) is 43.2 Å². The molecule has 0 unspecified atom stereocenters. The van der Waals surface area contributed by atoms with Crippen LogP contribution >= 0.6 is 0 Å². The van der Waals surface area contributed by atoms with Crippen molar-refractivity contribution >= 4 is 5.91 Å². The average Bonchev–Trinajstić information content (AvgIpc) is 2.61. The summed E-state index contributed by atoms with van der Waals surface area (Å²) in [7, 11) is 1.84. The maximum Gasteiger partial charge on any atom is 0.251 e. The van der Waals surface area contributed by atoms with E-state index < -0.39 is 0 Å². The Balaban J connectivity index is 2.46. The fourth-order valence-electron chi connectivity index (χ4n) is 2.10. The Hall–Kier alpha value is -0.610. The van der Waals surface area contributed by atoms with Crippen molar-refractivity contribution in [2.24, 2.45) is 11.1 Å². The fourth-order valence-corrected chi connectivity index (χ4v) is 2.10. The molecule has 94 valence electrons. The summed E-state index contributed by atoms with van der Waals surface area (Å²) in [6, 6.07) is 0. The van der Waals surface area contributed by atoms with Gasteiger partial charge in [0, 0.05) is 20.1 Å². The fraction of sp³-hybridized carbons (Fsp3) is 0.917. The number of carbonyl (C=O) groups excluding carboxylic acids is 1. The van der Waals surface area contributed by atoms with Gasteiger partial charge in [-0.05, 0) is 18.3 Å². The number of likely N-dealkylation sites (N-methyl/N-ethyl adjacent to an activating group) is 1. The van der Waals surface area contributed by atoms with E-state index in [1.807, 2.05) is 7.05 Å². The lowest BCUT2D eigenvalue weighted by molar-refractivity contribution is -0.142. The number of hydrogen-bond donors (Lipinski definition) is 1. The van der Waals surface area contributed by atoms with Crippen LogP contribution < -0.4 is 5.73 Å². The van der Waals surface area contributed by atoms with Gasteiger partial charge in [-0.15, -0.1) is 0 Å². The van der Waals surface area contributed by atoms with Crippen molar-refractivity contribution in [3.05, 3.63) is 0 Å². The molecule has 2 N–H and O–H groups in total. The standard InChI is InChI=1S/C12H24N2O2/c1-12(2,3)8-14(4)11(15)10-6-5-9(7-13)16-10/h9-10H,5-8,13H2,1-4H3/t9-,10+/m1/s1. The molecule has 1 fully saturated rings. The second-order valence-electron chi connectivity index (χ2n) is 5.81. The zero-order valence-electron chi connectivity index (χ0n) is 10.8. The predicted octanol–water partition coefficient (Wildman–Crippen LogP) is 0.997. The van der Waals surface area contributed by atoms with Crippen LogP contribution in [0.25, 0.3) is 0 Å². The maximum atomic E-state index is 12.0. The molecule has 1 amide bonds. The zero-order chi connectivity index (χ0) is 12.3. The van der Waals surface area contributed by atoms with Gasteiger partial charge in [0.2, 0.25) is 0 Å². The van der Waals surface area contributed by atoms with Gasteiger partial charge >= 0.3 is 0 Å². The van der Waals surface area contributed by atoms with Crippen molar-refractivity contribution in [2.75, 3.05) is 20.1 Å². The molecule has 4 heteroatoms. The van der Waals surface area contributed by atoms with Gasteiger partial charge in [0.05, 0.1) is 6.10 Å². The van der Waals surface area contributed by atoms with E-state index in [9.17, 15) is 4.79 Å². The summed E-state index contributed by atoms with van der Waals surface area (Å²) in [5.74, 6) is 0.0888. The molecule has 0 aromatic carbocycles. The van der Waals surface area contributed by atoms with E-state index in [1.54, 1.807) is 4.90 Å². The molecular formula is C12H24N2O2. The maximum absolute atomic E-state index is 12.0. The Morgan fingerprint density at radius 1 is 1.44 bits per heavy atom. The molecule has 0 spiro atoms. The third-order valence-electron chi connectivity index (χ3n) is 2.73. The average molecular weight is 228 g/mol. The lowest BCUT2D eigenvalue weighted by atomic mass is 9.96. The summed E-state index contributed by atoms with van der Waals surface area (Å²) < 4.78 is 5.59.